The molecular formula is C17H25FO. The summed E-state index contributed by atoms with van der Waals surface area (Å²) in [6.45, 7) is 3.79. The molecule has 1 nitrogen and oxygen atoms in total. The molecule has 19 heavy (non-hydrogen) atoms. The first-order chi connectivity index (χ1) is 9.09. The highest BCUT2D eigenvalue weighted by Crippen LogP contribution is 2.35. The third kappa shape index (κ3) is 3.56. The average molecular weight is 264 g/mol. The molecule has 1 saturated carbocycles. The molecule has 1 aliphatic rings. The lowest BCUT2D eigenvalue weighted by Gasteiger charge is -2.26. The van der Waals surface area contributed by atoms with Crippen LogP contribution < -0.4 is 0 Å². The first-order valence-electron chi connectivity index (χ1n) is 7.54. The molecule has 0 aliphatic heterocycles. The van der Waals surface area contributed by atoms with Gasteiger partial charge in [0.2, 0.25) is 0 Å². The molecule has 0 aromatic heterocycles. The Labute approximate surface area is 115 Å². The number of hydrogen-bond donors (Lipinski definition) is 1. The highest BCUT2D eigenvalue weighted by atomic mass is 19.1. The molecule has 1 aliphatic carbocycles. The van der Waals surface area contributed by atoms with Crippen molar-refractivity contribution in [1.82, 2.24) is 0 Å². The van der Waals surface area contributed by atoms with Crippen molar-refractivity contribution in [1.29, 1.82) is 0 Å². The van der Waals surface area contributed by atoms with Gasteiger partial charge in [0.05, 0.1) is 6.10 Å². The second-order valence-electron chi connectivity index (χ2n) is 6.03. The Morgan fingerprint density at radius 1 is 1.05 bits per heavy atom. The summed E-state index contributed by atoms with van der Waals surface area (Å²) in [7, 11) is 0. The monoisotopic (exact) mass is 264 g/mol. The number of aryl methyl sites for hydroxylation is 2. The van der Waals surface area contributed by atoms with Gasteiger partial charge in [0.15, 0.2) is 0 Å². The lowest BCUT2D eigenvalue weighted by atomic mass is 9.83. The van der Waals surface area contributed by atoms with Crippen LogP contribution in [0.2, 0.25) is 0 Å². The first-order valence-corrected chi connectivity index (χ1v) is 7.54. The Kier molecular flexibility index (Phi) is 4.98. The molecule has 0 saturated heterocycles. The molecule has 1 atom stereocenters. The molecule has 0 spiro atoms. The molecule has 106 valence electrons. The number of aliphatic hydroxyl groups is 1. The van der Waals surface area contributed by atoms with Gasteiger partial charge in [-0.3, -0.25) is 0 Å². The number of halogens is 1. The van der Waals surface area contributed by atoms with E-state index in [0.29, 0.717) is 5.56 Å². The summed E-state index contributed by atoms with van der Waals surface area (Å²) < 4.78 is 14.1. The van der Waals surface area contributed by atoms with Crippen LogP contribution in [0.5, 0.6) is 0 Å². The number of rotatable bonds is 2. The second-order valence-corrected chi connectivity index (χ2v) is 6.03. The van der Waals surface area contributed by atoms with Crippen molar-refractivity contribution in [3.63, 3.8) is 0 Å². The largest absolute Gasteiger partial charge is 0.388 e. The molecular weight excluding hydrogens is 239 g/mol. The predicted octanol–water partition coefficient (Wildman–Crippen LogP) is 4.84. The quantitative estimate of drug-likeness (QED) is 0.810. The number of hydrogen-bond acceptors (Lipinski definition) is 1. The maximum Gasteiger partial charge on any atom is 0.129 e. The summed E-state index contributed by atoms with van der Waals surface area (Å²) in [5.74, 6) is -0.0248. The average Bonchev–Trinajstić information content (AvgIpc) is 2.26. The van der Waals surface area contributed by atoms with Gasteiger partial charge in [0.25, 0.3) is 0 Å². The molecule has 1 N–H and O–H groups in total. The fourth-order valence-corrected chi connectivity index (χ4v) is 3.34. The van der Waals surface area contributed by atoms with Crippen molar-refractivity contribution in [3.05, 3.63) is 34.6 Å². The summed E-state index contributed by atoms with van der Waals surface area (Å²) in [5, 5.41) is 10.6. The van der Waals surface area contributed by atoms with Crippen molar-refractivity contribution < 1.29 is 9.50 Å². The summed E-state index contributed by atoms with van der Waals surface area (Å²) >= 11 is 0. The lowest BCUT2D eigenvalue weighted by molar-refractivity contribution is 0.0873. The standard InChI is InChI=1S/C17H25FO/c1-12-10-13(2)16(15(18)11-12)17(19)14-8-6-4-3-5-7-9-14/h10-11,14,17,19H,3-9H2,1-2H3. The van der Waals surface area contributed by atoms with Crippen LogP contribution >= 0.6 is 0 Å². The zero-order valence-corrected chi connectivity index (χ0v) is 12.1. The summed E-state index contributed by atoms with van der Waals surface area (Å²) in [4.78, 5) is 0. The third-order valence-electron chi connectivity index (χ3n) is 4.37. The zero-order chi connectivity index (χ0) is 13.8. The summed E-state index contributed by atoms with van der Waals surface area (Å²) in [6.07, 6.45) is 7.53. The molecule has 1 aromatic carbocycles. The van der Waals surface area contributed by atoms with Gasteiger partial charge >= 0.3 is 0 Å². The first kappa shape index (κ1) is 14.5. The summed E-state index contributed by atoms with van der Waals surface area (Å²) in [6, 6.07) is 3.50. The molecule has 0 heterocycles. The van der Waals surface area contributed by atoms with E-state index in [-0.39, 0.29) is 11.7 Å². The van der Waals surface area contributed by atoms with Gasteiger partial charge in [0.1, 0.15) is 5.82 Å². The lowest BCUT2D eigenvalue weighted by Crippen LogP contribution is -2.17. The van der Waals surface area contributed by atoms with Crippen LogP contribution in [-0.4, -0.2) is 5.11 Å². The zero-order valence-electron chi connectivity index (χ0n) is 12.1. The minimum atomic E-state index is -0.640. The minimum Gasteiger partial charge on any atom is -0.388 e. The number of aliphatic hydroxyl groups excluding tert-OH is 1. The van der Waals surface area contributed by atoms with Crippen LogP contribution in [-0.2, 0) is 0 Å². The predicted molar refractivity (Wildman–Crippen MR) is 76.6 cm³/mol. The second kappa shape index (κ2) is 6.51. The SMILES string of the molecule is Cc1cc(C)c(C(O)C2CCCCCCC2)c(F)c1. The maximum atomic E-state index is 14.1. The van der Waals surface area contributed by atoms with Crippen molar-refractivity contribution in [2.75, 3.05) is 0 Å². The minimum absolute atomic E-state index is 0.219. The van der Waals surface area contributed by atoms with Gasteiger partial charge in [-0.2, -0.15) is 0 Å². The molecule has 2 rings (SSSR count). The van der Waals surface area contributed by atoms with E-state index in [0.717, 1.165) is 36.8 Å². The van der Waals surface area contributed by atoms with Crippen molar-refractivity contribution >= 4 is 0 Å². The van der Waals surface area contributed by atoms with E-state index in [1.54, 1.807) is 0 Å². The van der Waals surface area contributed by atoms with E-state index in [2.05, 4.69) is 0 Å². The van der Waals surface area contributed by atoms with Gasteiger partial charge in [-0.25, -0.2) is 4.39 Å². The Morgan fingerprint density at radius 3 is 2.21 bits per heavy atom. The Balaban J connectivity index is 2.19. The van der Waals surface area contributed by atoms with E-state index in [4.69, 9.17) is 0 Å². The van der Waals surface area contributed by atoms with E-state index < -0.39 is 6.10 Å². The Hall–Kier alpha value is -0.890. The van der Waals surface area contributed by atoms with E-state index >= 15 is 0 Å². The molecule has 1 aromatic rings. The normalized spacial score (nSPS) is 19.8. The van der Waals surface area contributed by atoms with Crippen LogP contribution in [0, 0.1) is 25.6 Å². The van der Waals surface area contributed by atoms with Crippen LogP contribution in [0.1, 0.15) is 67.7 Å². The molecule has 1 fully saturated rings. The summed E-state index contributed by atoms with van der Waals surface area (Å²) in [5.41, 5.74) is 2.33. The van der Waals surface area contributed by atoms with Crippen LogP contribution in [0.4, 0.5) is 4.39 Å². The van der Waals surface area contributed by atoms with Gasteiger partial charge in [-0.05, 0) is 49.8 Å². The van der Waals surface area contributed by atoms with Crippen LogP contribution in [0.25, 0.3) is 0 Å². The molecule has 0 bridgehead atoms. The maximum absolute atomic E-state index is 14.1. The van der Waals surface area contributed by atoms with Gasteiger partial charge in [0, 0.05) is 5.56 Å². The Morgan fingerprint density at radius 2 is 1.63 bits per heavy atom. The fourth-order valence-electron chi connectivity index (χ4n) is 3.34. The fraction of sp³-hybridized carbons (Fsp3) is 0.647. The van der Waals surface area contributed by atoms with Crippen molar-refractivity contribution in [2.45, 2.75) is 64.9 Å². The van der Waals surface area contributed by atoms with Crippen LogP contribution in [0.15, 0.2) is 12.1 Å². The smallest absolute Gasteiger partial charge is 0.129 e. The van der Waals surface area contributed by atoms with Crippen molar-refractivity contribution in [3.8, 4) is 0 Å². The van der Waals surface area contributed by atoms with E-state index in [9.17, 15) is 9.50 Å². The van der Waals surface area contributed by atoms with Crippen LogP contribution in [0.3, 0.4) is 0 Å². The van der Waals surface area contributed by atoms with E-state index in [1.807, 2.05) is 19.9 Å². The molecule has 0 amide bonds. The molecule has 0 radical (unpaired) electrons. The van der Waals surface area contributed by atoms with Gasteiger partial charge in [-0.1, -0.05) is 38.2 Å². The molecule has 1 unspecified atom stereocenters. The Bertz CT molecular complexity index is 396. The van der Waals surface area contributed by atoms with E-state index in [1.165, 1.54) is 25.3 Å². The van der Waals surface area contributed by atoms with Gasteiger partial charge < -0.3 is 5.11 Å². The highest BCUT2D eigenvalue weighted by Gasteiger charge is 2.25. The highest BCUT2D eigenvalue weighted by molar-refractivity contribution is 5.33. The van der Waals surface area contributed by atoms with Gasteiger partial charge in [-0.15, -0.1) is 0 Å². The number of benzene rings is 1. The van der Waals surface area contributed by atoms with Crippen molar-refractivity contribution in [2.24, 2.45) is 5.92 Å². The third-order valence-corrected chi connectivity index (χ3v) is 4.37. The topological polar surface area (TPSA) is 20.2 Å². The molecule has 2 heteroatoms.